The van der Waals surface area contributed by atoms with E-state index in [2.05, 4.69) is 5.16 Å². The van der Waals surface area contributed by atoms with Crippen molar-refractivity contribution in [1.29, 1.82) is 0 Å². The number of amides is 2. The lowest BCUT2D eigenvalue weighted by Crippen LogP contribution is -2.51. The summed E-state index contributed by atoms with van der Waals surface area (Å²) in [6.07, 6.45) is 0. The predicted octanol–water partition coefficient (Wildman–Crippen LogP) is 0.620. The van der Waals surface area contributed by atoms with E-state index in [-0.39, 0.29) is 42.9 Å². The molecule has 1 unspecified atom stereocenters. The van der Waals surface area contributed by atoms with Crippen molar-refractivity contribution in [3.05, 3.63) is 34.9 Å². The normalized spacial score (nSPS) is 16.9. The average molecular weight is 410 g/mol. The number of aryl methyl sites for hydroxylation is 2. The maximum Gasteiger partial charge on any atom is 0.284 e. The van der Waals surface area contributed by atoms with E-state index >= 15 is 0 Å². The molecule has 0 aromatic carbocycles. The average Bonchev–Trinajstić information content (AvgIpc) is 3.28. The standard InChI is InChI=1S/C17H22N4O6S/c1-10(15-11(2)19-27-12(15)3)17(23)20-6-8-21(9-7-20)28(24,25)14-5-4-13(26-14)16(18)22/h4-5,10H,6-9H2,1-3H3,(H2,18,22). The van der Waals surface area contributed by atoms with Crippen LogP contribution >= 0.6 is 0 Å². The molecule has 1 fully saturated rings. The molecule has 11 heteroatoms. The van der Waals surface area contributed by atoms with E-state index < -0.39 is 21.8 Å². The van der Waals surface area contributed by atoms with Gasteiger partial charge < -0.3 is 19.6 Å². The quantitative estimate of drug-likeness (QED) is 0.762. The van der Waals surface area contributed by atoms with Gasteiger partial charge in [0.2, 0.25) is 11.0 Å². The van der Waals surface area contributed by atoms with Crippen molar-refractivity contribution in [3.63, 3.8) is 0 Å². The first-order chi connectivity index (χ1) is 13.1. The van der Waals surface area contributed by atoms with E-state index in [0.29, 0.717) is 11.5 Å². The SMILES string of the molecule is Cc1noc(C)c1C(C)C(=O)N1CCN(S(=O)(=O)c2ccc(C(N)=O)o2)CC1. The zero-order valence-corrected chi connectivity index (χ0v) is 16.7. The number of carbonyl (C=O) groups is 2. The van der Waals surface area contributed by atoms with Crippen LogP contribution in [0.15, 0.2) is 26.2 Å². The zero-order valence-electron chi connectivity index (χ0n) is 15.8. The number of nitrogens with two attached hydrogens (primary N) is 1. The summed E-state index contributed by atoms with van der Waals surface area (Å²) in [6.45, 7) is 6.05. The minimum Gasteiger partial charge on any atom is -0.438 e. The minimum absolute atomic E-state index is 0.111. The Morgan fingerprint density at radius 3 is 2.32 bits per heavy atom. The Hall–Kier alpha value is -2.66. The maximum atomic E-state index is 12.8. The Bertz CT molecular complexity index is 981. The number of furan rings is 1. The van der Waals surface area contributed by atoms with Gasteiger partial charge in [-0.05, 0) is 32.9 Å². The van der Waals surface area contributed by atoms with Gasteiger partial charge in [-0.15, -0.1) is 0 Å². The van der Waals surface area contributed by atoms with Crippen LogP contribution in [0.3, 0.4) is 0 Å². The van der Waals surface area contributed by atoms with Crippen molar-refractivity contribution < 1.29 is 26.9 Å². The molecule has 10 nitrogen and oxygen atoms in total. The van der Waals surface area contributed by atoms with E-state index in [0.717, 1.165) is 5.56 Å². The first-order valence-corrected chi connectivity index (χ1v) is 10.2. The maximum absolute atomic E-state index is 12.8. The largest absolute Gasteiger partial charge is 0.438 e. The van der Waals surface area contributed by atoms with Gasteiger partial charge in [0.15, 0.2) is 5.76 Å². The highest BCUT2D eigenvalue weighted by atomic mass is 32.2. The van der Waals surface area contributed by atoms with Gasteiger partial charge in [0.1, 0.15) is 5.76 Å². The monoisotopic (exact) mass is 410 g/mol. The van der Waals surface area contributed by atoms with Crippen LogP contribution in [0.2, 0.25) is 0 Å². The molecule has 28 heavy (non-hydrogen) atoms. The number of aromatic nitrogens is 1. The Morgan fingerprint density at radius 1 is 1.18 bits per heavy atom. The van der Waals surface area contributed by atoms with E-state index in [1.165, 1.54) is 16.4 Å². The fraction of sp³-hybridized carbons (Fsp3) is 0.471. The molecule has 2 amide bonds. The highest BCUT2D eigenvalue weighted by molar-refractivity contribution is 7.89. The van der Waals surface area contributed by atoms with Crippen molar-refractivity contribution in [2.45, 2.75) is 31.8 Å². The first-order valence-electron chi connectivity index (χ1n) is 8.74. The summed E-state index contributed by atoms with van der Waals surface area (Å²) in [4.78, 5) is 25.6. The third kappa shape index (κ3) is 3.54. The lowest BCUT2D eigenvalue weighted by atomic mass is 9.98. The van der Waals surface area contributed by atoms with Crippen LogP contribution in [0.5, 0.6) is 0 Å². The Morgan fingerprint density at radius 2 is 1.82 bits per heavy atom. The van der Waals surface area contributed by atoms with Crippen LogP contribution in [-0.4, -0.2) is 60.8 Å². The summed E-state index contributed by atoms with van der Waals surface area (Å²) in [5.74, 6) is -1.01. The summed E-state index contributed by atoms with van der Waals surface area (Å²) in [7, 11) is -3.90. The number of primary amides is 1. The van der Waals surface area contributed by atoms with Gasteiger partial charge in [0.25, 0.3) is 15.9 Å². The molecule has 0 bridgehead atoms. The molecule has 0 spiro atoms. The molecule has 152 valence electrons. The van der Waals surface area contributed by atoms with Crippen molar-refractivity contribution in [2.24, 2.45) is 5.73 Å². The Kier molecular flexibility index (Phi) is 5.31. The summed E-state index contributed by atoms with van der Waals surface area (Å²) < 4.78 is 36.7. The number of rotatable bonds is 5. The minimum atomic E-state index is -3.90. The molecule has 1 atom stereocenters. The lowest BCUT2D eigenvalue weighted by molar-refractivity contribution is -0.133. The Balaban J connectivity index is 1.68. The Labute approximate surface area is 162 Å². The van der Waals surface area contributed by atoms with Crippen LogP contribution in [0.4, 0.5) is 0 Å². The fourth-order valence-corrected chi connectivity index (χ4v) is 4.71. The number of hydrogen-bond acceptors (Lipinski definition) is 7. The van der Waals surface area contributed by atoms with Crippen molar-refractivity contribution >= 4 is 21.8 Å². The van der Waals surface area contributed by atoms with Crippen LogP contribution in [0, 0.1) is 13.8 Å². The molecule has 3 heterocycles. The summed E-state index contributed by atoms with van der Waals surface area (Å²) in [5, 5.41) is 3.54. The number of carbonyl (C=O) groups excluding carboxylic acids is 2. The van der Waals surface area contributed by atoms with Gasteiger partial charge in [-0.2, -0.15) is 4.31 Å². The van der Waals surface area contributed by atoms with E-state index in [9.17, 15) is 18.0 Å². The topological polar surface area (TPSA) is 140 Å². The highest BCUT2D eigenvalue weighted by Crippen LogP contribution is 2.26. The van der Waals surface area contributed by atoms with Crippen molar-refractivity contribution in [2.75, 3.05) is 26.2 Å². The second-order valence-electron chi connectivity index (χ2n) is 6.67. The van der Waals surface area contributed by atoms with Crippen LogP contribution in [-0.2, 0) is 14.8 Å². The van der Waals surface area contributed by atoms with E-state index in [4.69, 9.17) is 14.7 Å². The smallest absolute Gasteiger partial charge is 0.284 e. The molecule has 1 saturated heterocycles. The molecule has 2 N–H and O–H groups in total. The van der Waals surface area contributed by atoms with Gasteiger partial charge in [-0.3, -0.25) is 9.59 Å². The van der Waals surface area contributed by atoms with Gasteiger partial charge in [-0.1, -0.05) is 5.16 Å². The van der Waals surface area contributed by atoms with Crippen LogP contribution in [0.1, 0.15) is 40.4 Å². The van der Waals surface area contributed by atoms with Gasteiger partial charge in [-0.25, -0.2) is 8.42 Å². The van der Waals surface area contributed by atoms with Crippen LogP contribution in [0.25, 0.3) is 0 Å². The summed E-state index contributed by atoms with van der Waals surface area (Å²) in [5.41, 5.74) is 6.52. The van der Waals surface area contributed by atoms with Gasteiger partial charge in [0, 0.05) is 31.7 Å². The molecule has 2 aromatic rings. The predicted molar refractivity (Wildman–Crippen MR) is 97.0 cm³/mol. The second-order valence-corrected chi connectivity index (χ2v) is 8.54. The van der Waals surface area contributed by atoms with Gasteiger partial charge >= 0.3 is 0 Å². The highest BCUT2D eigenvalue weighted by Gasteiger charge is 2.34. The lowest BCUT2D eigenvalue weighted by Gasteiger charge is -2.34. The van der Waals surface area contributed by atoms with Crippen molar-refractivity contribution in [1.82, 2.24) is 14.4 Å². The number of piperazine rings is 1. The third-order valence-corrected chi connectivity index (χ3v) is 6.63. The third-order valence-electron chi connectivity index (χ3n) is 4.86. The number of nitrogens with zero attached hydrogens (tertiary/aromatic N) is 3. The molecule has 1 aliphatic rings. The fourth-order valence-electron chi connectivity index (χ4n) is 3.37. The molecular formula is C17H22N4O6S. The van der Waals surface area contributed by atoms with Gasteiger partial charge in [0.05, 0.1) is 11.6 Å². The molecule has 0 saturated carbocycles. The van der Waals surface area contributed by atoms with Crippen molar-refractivity contribution in [3.8, 4) is 0 Å². The summed E-state index contributed by atoms with van der Waals surface area (Å²) in [6, 6.07) is 2.42. The molecule has 0 aliphatic carbocycles. The van der Waals surface area contributed by atoms with E-state index in [1.807, 2.05) is 0 Å². The zero-order chi connectivity index (χ0) is 20.6. The molecule has 2 aromatic heterocycles. The number of hydrogen-bond donors (Lipinski definition) is 1. The van der Waals surface area contributed by atoms with Crippen LogP contribution < -0.4 is 5.73 Å². The molecule has 0 radical (unpaired) electrons. The second kappa shape index (κ2) is 7.40. The number of sulfonamides is 1. The molecular weight excluding hydrogens is 388 g/mol. The molecule has 1 aliphatic heterocycles. The molecule has 3 rings (SSSR count). The van der Waals surface area contributed by atoms with E-state index in [1.54, 1.807) is 25.7 Å². The summed E-state index contributed by atoms with van der Waals surface area (Å²) >= 11 is 0. The first kappa shape index (κ1) is 20.1.